The van der Waals surface area contributed by atoms with E-state index in [-0.39, 0.29) is 34.5 Å². The standard InChI is InChI=1S/C25H23F3O6/c1-13(2)23(29)32-12-6-7-15-8-9-17-16-10-11-18(33-24(30)14(3)4)19(25(26,27)28)21(16)34-22(17)20(15)31-5/h8-11H,1,3,6-7,12H2,2,4-5H3. The smallest absolute Gasteiger partial charge is 0.423 e. The Morgan fingerprint density at radius 3 is 2.18 bits per heavy atom. The monoisotopic (exact) mass is 476 g/mol. The number of furan rings is 1. The van der Waals surface area contributed by atoms with Crippen LogP contribution in [0.1, 0.15) is 31.4 Å². The number of halogens is 3. The van der Waals surface area contributed by atoms with Crippen LogP contribution in [0.25, 0.3) is 21.9 Å². The number of hydrogen-bond acceptors (Lipinski definition) is 6. The van der Waals surface area contributed by atoms with Crippen LogP contribution in [0.4, 0.5) is 13.2 Å². The Hall–Kier alpha value is -3.75. The fourth-order valence-electron chi connectivity index (χ4n) is 3.41. The molecular weight excluding hydrogens is 453 g/mol. The summed E-state index contributed by atoms with van der Waals surface area (Å²) in [5.74, 6) is -1.88. The summed E-state index contributed by atoms with van der Waals surface area (Å²) in [7, 11) is 1.39. The predicted molar refractivity (Wildman–Crippen MR) is 120 cm³/mol. The molecule has 34 heavy (non-hydrogen) atoms. The third-order valence-electron chi connectivity index (χ3n) is 5.02. The number of carbonyl (C=O) groups is 2. The Balaban J connectivity index is 2.06. The molecule has 0 unspecified atom stereocenters. The van der Waals surface area contributed by atoms with Gasteiger partial charge >= 0.3 is 18.1 Å². The number of aryl methyl sites for hydroxylation is 1. The molecule has 3 aromatic rings. The molecule has 0 N–H and O–H groups in total. The summed E-state index contributed by atoms with van der Waals surface area (Å²) in [4.78, 5) is 23.4. The molecule has 0 aliphatic rings. The van der Waals surface area contributed by atoms with Gasteiger partial charge in [0, 0.05) is 21.9 Å². The van der Waals surface area contributed by atoms with Crippen molar-refractivity contribution in [3.05, 3.63) is 59.7 Å². The lowest BCUT2D eigenvalue weighted by Crippen LogP contribution is -2.14. The van der Waals surface area contributed by atoms with Gasteiger partial charge in [0.2, 0.25) is 0 Å². The number of benzene rings is 2. The van der Waals surface area contributed by atoms with Gasteiger partial charge in [-0.2, -0.15) is 13.2 Å². The Labute approximate surface area is 193 Å². The molecule has 0 spiro atoms. The summed E-state index contributed by atoms with van der Waals surface area (Å²) in [5, 5.41) is 0.602. The molecule has 1 aromatic heterocycles. The Kier molecular flexibility index (Phi) is 7.04. The van der Waals surface area contributed by atoms with E-state index in [4.69, 9.17) is 18.6 Å². The summed E-state index contributed by atoms with van der Waals surface area (Å²) >= 11 is 0. The van der Waals surface area contributed by atoms with Gasteiger partial charge < -0.3 is 18.6 Å². The molecule has 0 radical (unpaired) electrons. The molecule has 0 aliphatic carbocycles. The minimum atomic E-state index is -4.86. The first-order valence-corrected chi connectivity index (χ1v) is 10.3. The van der Waals surface area contributed by atoms with Crippen molar-refractivity contribution in [1.29, 1.82) is 0 Å². The summed E-state index contributed by atoms with van der Waals surface area (Å²) in [5.41, 5.74) is -0.634. The summed E-state index contributed by atoms with van der Waals surface area (Å²) in [6.07, 6.45) is -3.98. The first-order chi connectivity index (χ1) is 16.0. The lowest BCUT2D eigenvalue weighted by molar-refractivity contribution is -0.141. The zero-order valence-electron chi connectivity index (χ0n) is 18.9. The van der Waals surface area contributed by atoms with Crippen LogP contribution < -0.4 is 9.47 Å². The van der Waals surface area contributed by atoms with Gasteiger partial charge in [-0.1, -0.05) is 19.2 Å². The predicted octanol–water partition coefficient (Wildman–Crippen LogP) is 6.15. The van der Waals surface area contributed by atoms with Crippen LogP contribution in [0.15, 0.2) is 53.0 Å². The van der Waals surface area contributed by atoms with Gasteiger partial charge in [-0.3, -0.25) is 0 Å². The van der Waals surface area contributed by atoms with E-state index in [9.17, 15) is 22.8 Å². The van der Waals surface area contributed by atoms with Crippen LogP contribution in [-0.2, 0) is 26.9 Å². The topological polar surface area (TPSA) is 75.0 Å². The highest BCUT2D eigenvalue weighted by Crippen LogP contribution is 2.46. The molecule has 180 valence electrons. The van der Waals surface area contributed by atoms with Crippen molar-refractivity contribution in [2.75, 3.05) is 13.7 Å². The molecule has 0 bridgehead atoms. The van der Waals surface area contributed by atoms with Crippen LogP contribution in [-0.4, -0.2) is 25.7 Å². The van der Waals surface area contributed by atoms with Gasteiger partial charge in [0.1, 0.15) is 11.3 Å². The summed E-state index contributed by atoms with van der Waals surface area (Å²) in [6.45, 7) is 9.92. The number of methoxy groups -OCH3 is 1. The van der Waals surface area contributed by atoms with Crippen LogP contribution in [0, 0.1) is 0 Å². The first-order valence-electron chi connectivity index (χ1n) is 10.3. The van der Waals surface area contributed by atoms with Crippen molar-refractivity contribution in [2.24, 2.45) is 0 Å². The maximum Gasteiger partial charge on any atom is 0.423 e. The largest absolute Gasteiger partial charge is 0.493 e. The second kappa shape index (κ2) is 9.62. The highest BCUT2D eigenvalue weighted by molar-refractivity contribution is 6.09. The van der Waals surface area contributed by atoms with E-state index in [2.05, 4.69) is 13.2 Å². The number of rotatable bonds is 8. The number of hydrogen-bond donors (Lipinski definition) is 0. The van der Waals surface area contributed by atoms with Gasteiger partial charge in [-0.15, -0.1) is 0 Å². The SMILES string of the molecule is C=C(C)C(=O)OCCCc1ccc2c(oc3c(C(F)(F)F)c(OC(=O)C(=C)C)ccc32)c1OC. The molecule has 3 rings (SSSR count). The molecule has 1 heterocycles. The van der Waals surface area contributed by atoms with Crippen LogP contribution >= 0.6 is 0 Å². The Morgan fingerprint density at radius 2 is 1.59 bits per heavy atom. The zero-order valence-corrected chi connectivity index (χ0v) is 18.9. The van der Waals surface area contributed by atoms with Gasteiger partial charge in [0.05, 0.1) is 13.7 Å². The van der Waals surface area contributed by atoms with Crippen molar-refractivity contribution in [2.45, 2.75) is 32.9 Å². The van der Waals surface area contributed by atoms with E-state index in [1.54, 1.807) is 19.1 Å². The molecule has 0 atom stereocenters. The second-order valence-corrected chi connectivity index (χ2v) is 7.74. The highest BCUT2D eigenvalue weighted by Gasteiger charge is 2.39. The van der Waals surface area contributed by atoms with E-state index in [1.807, 2.05) is 0 Å². The molecular formula is C25H23F3O6. The Morgan fingerprint density at radius 1 is 0.971 bits per heavy atom. The van der Waals surface area contributed by atoms with Gasteiger partial charge in [0.15, 0.2) is 16.9 Å². The van der Waals surface area contributed by atoms with E-state index in [0.29, 0.717) is 23.8 Å². The summed E-state index contributed by atoms with van der Waals surface area (Å²) < 4.78 is 63.1. The fraction of sp³-hybridized carbons (Fsp3) is 0.280. The fourth-order valence-corrected chi connectivity index (χ4v) is 3.41. The minimum absolute atomic E-state index is 0.0435. The lowest BCUT2D eigenvalue weighted by atomic mass is 10.0. The number of carbonyl (C=O) groups excluding carboxylic acids is 2. The third-order valence-corrected chi connectivity index (χ3v) is 5.02. The van der Waals surface area contributed by atoms with Crippen molar-refractivity contribution >= 4 is 33.9 Å². The van der Waals surface area contributed by atoms with E-state index in [0.717, 1.165) is 6.07 Å². The maximum absolute atomic E-state index is 14.0. The molecule has 0 aliphatic heterocycles. The van der Waals surface area contributed by atoms with Crippen molar-refractivity contribution < 1.29 is 41.4 Å². The van der Waals surface area contributed by atoms with E-state index >= 15 is 0 Å². The van der Waals surface area contributed by atoms with Gasteiger partial charge in [-0.05, 0) is 50.5 Å². The molecule has 0 fully saturated rings. The number of fused-ring (bicyclic) bond motifs is 3. The molecule has 0 saturated heterocycles. The van der Waals surface area contributed by atoms with Crippen LogP contribution in [0.5, 0.6) is 11.5 Å². The average molecular weight is 476 g/mol. The number of esters is 2. The van der Waals surface area contributed by atoms with E-state index < -0.39 is 35.0 Å². The average Bonchev–Trinajstić information content (AvgIpc) is 3.13. The molecule has 6 nitrogen and oxygen atoms in total. The van der Waals surface area contributed by atoms with Gasteiger partial charge in [0.25, 0.3) is 0 Å². The van der Waals surface area contributed by atoms with Crippen molar-refractivity contribution in [1.82, 2.24) is 0 Å². The molecule has 9 heteroatoms. The number of ether oxygens (including phenoxy) is 3. The van der Waals surface area contributed by atoms with Crippen LogP contribution in [0.2, 0.25) is 0 Å². The third kappa shape index (κ3) is 4.93. The lowest BCUT2D eigenvalue weighted by Gasteiger charge is -2.13. The quantitative estimate of drug-likeness (QED) is 0.168. The Bertz CT molecular complexity index is 1300. The van der Waals surface area contributed by atoms with Crippen molar-refractivity contribution in [3.8, 4) is 11.5 Å². The van der Waals surface area contributed by atoms with E-state index in [1.165, 1.54) is 20.1 Å². The van der Waals surface area contributed by atoms with Crippen LogP contribution in [0.3, 0.4) is 0 Å². The zero-order chi connectivity index (χ0) is 25.2. The molecule has 0 saturated carbocycles. The van der Waals surface area contributed by atoms with Crippen molar-refractivity contribution in [3.63, 3.8) is 0 Å². The van der Waals surface area contributed by atoms with Gasteiger partial charge in [-0.25, -0.2) is 9.59 Å². The molecule has 0 amide bonds. The maximum atomic E-state index is 14.0. The normalized spacial score (nSPS) is 11.5. The summed E-state index contributed by atoms with van der Waals surface area (Å²) in [6, 6.07) is 5.84. The minimum Gasteiger partial charge on any atom is -0.493 e. The highest BCUT2D eigenvalue weighted by atomic mass is 19.4. The second-order valence-electron chi connectivity index (χ2n) is 7.74. The first kappa shape index (κ1) is 24.9. The molecule has 2 aromatic carbocycles. The number of alkyl halides is 3.